The van der Waals surface area contributed by atoms with Gasteiger partial charge in [-0.25, -0.2) is 9.78 Å². The van der Waals surface area contributed by atoms with Crippen LogP contribution in [0, 0.1) is 6.92 Å². The molecule has 0 aliphatic carbocycles. The zero-order valence-electron chi connectivity index (χ0n) is 22.9. The summed E-state index contributed by atoms with van der Waals surface area (Å²) in [5.41, 5.74) is 8.22. The Bertz CT molecular complexity index is 1270. The van der Waals surface area contributed by atoms with Crippen LogP contribution in [0.3, 0.4) is 0 Å². The maximum absolute atomic E-state index is 13.4. The van der Waals surface area contributed by atoms with Crippen LogP contribution in [0.2, 0.25) is 0 Å². The quantitative estimate of drug-likeness (QED) is 0.372. The molecule has 41 heavy (non-hydrogen) atoms. The summed E-state index contributed by atoms with van der Waals surface area (Å²) in [5.74, 6) is -3.79. The van der Waals surface area contributed by atoms with Gasteiger partial charge in [0.05, 0.1) is 24.3 Å². The fourth-order valence-corrected chi connectivity index (χ4v) is 4.08. The number of nitrogens with zero attached hydrogens (tertiary/aromatic N) is 4. The maximum atomic E-state index is 13.4. The standard InChI is InChI=1S/C24H31N5O5.C2HF3O2/c1-14(2)29-19-8-7-17(6-5-9-34-20-10-15(3)26-24(25)27-20)12-18(19)23(33)28(13-21(29)30)16(4)11-22(31)32;3-2(4,5)1(6)7/h7-8,10,12,14,16H,5-6,9,11,13H2,1-4H3,(H,31,32)(H2,25,26,27);(H,6,7). The number of halogens is 3. The molecule has 4 N–H and O–H groups in total. The van der Waals surface area contributed by atoms with Gasteiger partial charge in [-0.1, -0.05) is 6.07 Å². The van der Waals surface area contributed by atoms with Crippen molar-refractivity contribution in [3.8, 4) is 5.88 Å². The number of carboxylic acids is 2. The van der Waals surface area contributed by atoms with Gasteiger partial charge < -0.3 is 30.5 Å². The highest BCUT2D eigenvalue weighted by Crippen LogP contribution is 2.30. The molecule has 2 amide bonds. The minimum absolute atomic E-state index is 0.156. The predicted octanol–water partition coefficient (Wildman–Crippen LogP) is 3.07. The molecule has 1 aromatic heterocycles. The Morgan fingerprint density at radius 3 is 2.29 bits per heavy atom. The summed E-state index contributed by atoms with van der Waals surface area (Å²) < 4.78 is 37.4. The van der Waals surface area contributed by atoms with Gasteiger partial charge in [0, 0.05) is 23.8 Å². The third-order valence-corrected chi connectivity index (χ3v) is 5.85. The van der Waals surface area contributed by atoms with E-state index in [0.717, 1.165) is 11.3 Å². The molecule has 0 radical (unpaired) electrons. The lowest BCUT2D eigenvalue weighted by Crippen LogP contribution is -2.46. The monoisotopic (exact) mass is 583 g/mol. The van der Waals surface area contributed by atoms with E-state index in [1.165, 1.54) is 4.90 Å². The summed E-state index contributed by atoms with van der Waals surface area (Å²) in [6.07, 6.45) is -4.01. The van der Waals surface area contributed by atoms with Crippen molar-refractivity contribution in [1.29, 1.82) is 0 Å². The topological polar surface area (TPSA) is 176 Å². The van der Waals surface area contributed by atoms with Crippen LogP contribution in [0.15, 0.2) is 24.3 Å². The molecule has 224 valence electrons. The Balaban J connectivity index is 0.000000745. The predicted molar refractivity (Wildman–Crippen MR) is 141 cm³/mol. The molecule has 0 saturated carbocycles. The van der Waals surface area contributed by atoms with Gasteiger partial charge in [0.25, 0.3) is 5.91 Å². The normalized spacial score (nSPS) is 14.1. The number of carbonyl (C=O) groups is 4. The molecule has 1 aliphatic heterocycles. The van der Waals surface area contributed by atoms with E-state index >= 15 is 0 Å². The number of hydrogen-bond acceptors (Lipinski definition) is 8. The molecule has 1 aliphatic rings. The fraction of sp³-hybridized carbons (Fsp3) is 0.462. The lowest BCUT2D eigenvalue weighted by molar-refractivity contribution is -0.192. The second-order valence-electron chi connectivity index (χ2n) is 9.55. The number of fused-ring (bicyclic) bond motifs is 1. The number of benzene rings is 1. The number of alkyl halides is 3. The van der Waals surface area contributed by atoms with Crippen molar-refractivity contribution in [3.63, 3.8) is 0 Å². The molecule has 0 fully saturated rings. The third-order valence-electron chi connectivity index (χ3n) is 5.85. The first kappa shape index (κ1) is 32.8. The Morgan fingerprint density at radius 2 is 1.76 bits per heavy atom. The van der Waals surface area contributed by atoms with Gasteiger partial charge in [-0.3, -0.25) is 14.4 Å². The number of carboxylic acid groups (broad SMARTS) is 2. The molecule has 1 atom stereocenters. The van der Waals surface area contributed by atoms with Crippen LogP contribution in [-0.4, -0.2) is 80.2 Å². The fourth-order valence-electron chi connectivity index (χ4n) is 4.08. The van der Waals surface area contributed by atoms with Crippen molar-refractivity contribution >= 4 is 35.4 Å². The Hall–Kier alpha value is -4.43. The van der Waals surface area contributed by atoms with E-state index in [1.54, 1.807) is 30.0 Å². The van der Waals surface area contributed by atoms with E-state index in [9.17, 15) is 32.7 Å². The highest BCUT2D eigenvalue weighted by atomic mass is 19.4. The minimum atomic E-state index is -5.08. The summed E-state index contributed by atoms with van der Waals surface area (Å²) in [5, 5.41) is 16.3. The zero-order chi connectivity index (χ0) is 31.1. The van der Waals surface area contributed by atoms with Gasteiger partial charge in [0.15, 0.2) is 0 Å². The second-order valence-corrected chi connectivity index (χ2v) is 9.55. The summed E-state index contributed by atoms with van der Waals surface area (Å²) >= 11 is 0. The van der Waals surface area contributed by atoms with Crippen LogP contribution in [0.1, 0.15) is 55.2 Å². The van der Waals surface area contributed by atoms with Crippen LogP contribution in [-0.2, 0) is 20.8 Å². The number of rotatable bonds is 9. The number of amides is 2. The van der Waals surface area contributed by atoms with E-state index in [4.69, 9.17) is 20.4 Å². The van der Waals surface area contributed by atoms with Gasteiger partial charge in [0.1, 0.15) is 6.54 Å². The van der Waals surface area contributed by atoms with Gasteiger partial charge in [-0.15, -0.1) is 0 Å². The molecule has 0 saturated heterocycles. The molecular weight excluding hydrogens is 551 g/mol. The van der Waals surface area contributed by atoms with E-state index in [1.807, 2.05) is 26.8 Å². The first-order valence-corrected chi connectivity index (χ1v) is 12.5. The lowest BCUT2D eigenvalue weighted by atomic mass is 10.0. The number of carbonyl (C=O) groups excluding carboxylic acids is 2. The van der Waals surface area contributed by atoms with Crippen LogP contribution in [0.5, 0.6) is 5.88 Å². The van der Waals surface area contributed by atoms with E-state index < -0.39 is 24.2 Å². The molecule has 0 spiro atoms. The highest BCUT2D eigenvalue weighted by molar-refractivity contribution is 6.10. The van der Waals surface area contributed by atoms with Crippen LogP contribution >= 0.6 is 0 Å². The molecule has 1 aromatic carbocycles. The molecule has 3 rings (SSSR count). The number of ether oxygens (including phenoxy) is 1. The Kier molecular flexibility index (Phi) is 11.0. The van der Waals surface area contributed by atoms with Gasteiger partial charge in [0.2, 0.25) is 17.7 Å². The average Bonchev–Trinajstić information content (AvgIpc) is 2.94. The van der Waals surface area contributed by atoms with Gasteiger partial charge >= 0.3 is 18.1 Å². The number of hydrogen-bond donors (Lipinski definition) is 3. The first-order valence-electron chi connectivity index (χ1n) is 12.5. The van der Waals surface area contributed by atoms with E-state index in [2.05, 4.69) is 9.97 Å². The molecule has 15 heteroatoms. The second kappa shape index (κ2) is 13.8. The number of aryl methyl sites for hydroxylation is 2. The summed E-state index contributed by atoms with van der Waals surface area (Å²) in [6.45, 7) is 7.46. The average molecular weight is 584 g/mol. The molecule has 12 nitrogen and oxygen atoms in total. The molecular formula is C26H32F3N5O7. The smallest absolute Gasteiger partial charge is 0.481 e. The van der Waals surface area contributed by atoms with Crippen LogP contribution in [0.4, 0.5) is 24.8 Å². The van der Waals surface area contributed by atoms with Crippen LogP contribution < -0.4 is 15.4 Å². The van der Waals surface area contributed by atoms with Crippen molar-refractivity contribution in [2.75, 3.05) is 23.8 Å². The van der Waals surface area contributed by atoms with E-state index in [-0.39, 0.29) is 36.8 Å². The molecule has 1 unspecified atom stereocenters. The lowest BCUT2D eigenvalue weighted by Gasteiger charge is -2.28. The SMILES string of the molecule is Cc1cc(OCCCc2ccc3c(c2)C(=O)N(C(C)CC(=O)O)CC(=O)N3C(C)C)nc(N)n1.O=C(O)C(F)(F)F. The number of aromatic nitrogens is 2. The Labute approximate surface area is 233 Å². The Morgan fingerprint density at radius 1 is 1.12 bits per heavy atom. The number of nitrogens with two attached hydrogens (primary N) is 1. The highest BCUT2D eigenvalue weighted by Gasteiger charge is 2.38. The van der Waals surface area contributed by atoms with Crippen molar-refractivity contribution in [3.05, 3.63) is 41.1 Å². The maximum Gasteiger partial charge on any atom is 0.490 e. The van der Waals surface area contributed by atoms with Crippen molar-refractivity contribution in [2.24, 2.45) is 0 Å². The largest absolute Gasteiger partial charge is 0.490 e. The summed E-state index contributed by atoms with van der Waals surface area (Å²) in [4.78, 5) is 57.5. The van der Waals surface area contributed by atoms with Crippen molar-refractivity contribution in [1.82, 2.24) is 14.9 Å². The van der Waals surface area contributed by atoms with E-state index in [0.29, 0.717) is 36.6 Å². The van der Waals surface area contributed by atoms with Gasteiger partial charge in [-0.2, -0.15) is 18.2 Å². The number of anilines is 2. The van der Waals surface area contributed by atoms with Gasteiger partial charge in [-0.05, 0) is 58.2 Å². The summed E-state index contributed by atoms with van der Waals surface area (Å²) in [7, 11) is 0. The number of nitrogen functional groups attached to an aromatic ring is 1. The third kappa shape index (κ3) is 9.32. The number of aliphatic carboxylic acids is 2. The first-order chi connectivity index (χ1) is 19.0. The molecule has 2 aromatic rings. The summed E-state index contributed by atoms with van der Waals surface area (Å²) in [6, 6.07) is 6.42. The van der Waals surface area contributed by atoms with Crippen molar-refractivity contribution < 1.29 is 47.3 Å². The molecule has 0 bridgehead atoms. The molecule has 2 heterocycles. The minimum Gasteiger partial charge on any atom is -0.481 e. The van der Waals surface area contributed by atoms with Crippen LogP contribution in [0.25, 0.3) is 0 Å². The zero-order valence-corrected chi connectivity index (χ0v) is 22.9. The van der Waals surface area contributed by atoms with Crippen molar-refractivity contribution in [2.45, 2.75) is 65.2 Å².